The predicted octanol–water partition coefficient (Wildman–Crippen LogP) is 5.08. The number of carbonyl (C=O) groups is 1. The molecule has 1 aromatic heterocycles. The van der Waals surface area contributed by atoms with Gasteiger partial charge in [-0.3, -0.25) is 0 Å². The van der Waals surface area contributed by atoms with Crippen LogP contribution in [-0.2, 0) is 19.6 Å². The van der Waals surface area contributed by atoms with Crippen LogP contribution in [0.15, 0.2) is 79.1 Å². The molecule has 1 N–H and O–H groups in total. The van der Waals surface area contributed by atoms with Crippen molar-refractivity contribution >= 4 is 28.7 Å². The summed E-state index contributed by atoms with van der Waals surface area (Å²) in [6.45, 7) is 1.69. The molecule has 0 aliphatic rings. The summed E-state index contributed by atoms with van der Waals surface area (Å²) in [5.41, 5.74) is 5.28. The summed E-state index contributed by atoms with van der Waals surface area (Å²) < 4.78 is 2.13. The largest absolute Gasteiger partial charge is 0.334 e. The maximum absolute atomic E-state index is 12.4. The van der Waals surface area contributed by atoms with Gasteiger partial charge in [-0.05, 0) is 34.9 Å². The Kier molecular flexibility index (Phi) is 6.00. The van der Waals surface area contributed by atoms with Crippen molar-refractivity contribution in [2.24, 2.45) is 0 Å². The quantitative estimate of drug-likeness (QED) is 0.474. The minimum Gasteiger partial charge on any atom is -0.334 e. The molecule has 0 saturated carbocycles. The molecular weight excluding hydrogens is 396 g/mol. The van der Waals surface area contributed by atoms with Crippen LogP contribution in [0.2, 0.25) is 5.02 Å². The molecule has 2 amide bonds. The van der Waals surface area contributed by atoms with Crippen molar-refractivity contribution in [1.29, 1.82) is 0 Å². The third-order valence-electron chi connectivity index (χ3n) is 5.06. The highest BCUT2D eigenvalue weighted by molar-refractivity contribution is 6.31. The van der Waals surface area contributed by atoms with Gasteiger partial charge in [0.25, 0.3) is 0 Å². The Morgan fingerprint density at radius 2 is 1.70 bits per heavy atom. The molecule has 5 nitrogen and oxygen atoms in total. The van der Waals surface area contributed by atoms with Crippen LogP contribution in [0.1, 0.15) is 16.7 Å². The molecule has 152 valence electrons. The van der Waals surface area contributed by atoms with E-state index in [1.165, 1.54) is 5.56 Å². The normalized spacial score (nSPS) is 10.9. The van der Waals surface area contributed by atoms with E-state index in [2.05, 4.69) is 33.1 Å². The number of para-hydroxylation sites is 2. The lowest BCUT2D eigenvalue weighted by molar-refractivity contribution is 0.206. The van der Waals surface area contributed by atoms with Gasteiger partial charge in [-0.1, -0.05) is 66.2 Å². The lowest BCUT2D eigenvalue weighted by Crippen LogP contribution is -2.36. The fraction of sp³-hybridized carbons (Fsp3) is 0.167. The standard InChI is InChI=1S/C24H23ClN4O/c1-28(16-20-6-2-3-7-21(20)25)24(30)26-14-18-10-12-19(13-11-18)15-29-17-27-22-8-4-5-9-23(22)29/h2-13,17H,14-16H2,1H3,(H,26,30). The summed E-state index contributed by atoms with van der Waals surface area (Å²) >= 11 is 6.18. The second kappa shape index (κ2) is 9.01. The number of nitrogens with zero attached hydrogens (tertiary/aromatic N) is 3. The minimum atomic E-state index is -0.135. The molecule has 4 rings (SSSR count). The van der Waals surface area contributed by atoms with Gasteiger partial charge >= 0.3 is 6.03 Å². The van der Waals surface area contributed by atoms with Crippen molar-refractivity contribution in [3.8, 4) is 0 Å². The minimum absolute atomic E-state index is 0.135. The number of urea groups is 1. The Morgan fingerprint density at radius 3 is 2.50 bits per heavy atom. The number of fused-ring (bicyclic) bond motifs is 1. The number of hydrogen-bond acceptors (Lipinski definition) is 2. The highest BCUT2D eigenvalue weighted by atomic mass is 35.5. The summed E-state index contributed by atoms with van der Waals surface area (Å²) in [7, 11) is 1.76. The summed E-state index contributed by atoms with van der Waals surface area (Å²) in [4.78, 5) is 18.5. The van der Waals surface area contributed by atoms with E-state index in [-0.39, 0.29) is 6.03 Å². The van der Waals surface area contributed by atoms with Crippen LogP contribution in [0, 0.1) is 0 Å². The first-order valence-electron chi connectivity index (χ1n) is 9.80. The summed E-state index contributed by atoms with van der Waals surface area (Å²) in [6, 6.07) is 23.8. The van der Waals surface area contributed by atoms with Gasteiger partial charge in [0.15, 0.2) is 0 Å². The number of imidazole rings is 1. The van der Waals surface area contributed by atoms with Crippen LogP contribution in [0.3, 0.4) is 0 Å². The van der Waals surface area contributed by atoms with E-state index in [1.54, 1.807) is 11.9 Å². The van der Waals surface area contributed by atoms with Crippen LogP contribution in [0.4, 0.5) is 4.79 Å². The number of nitrogens with one attached hydrogen (secondary N) is 1. The molecule has 0 aliphatic heterocycles. The van der Waals surface area contributed by atoms with Gasteiger partial charge in [-0.2, -0.15) is 0 Å². The highest BCUT2D eigenvalue weighted by Crippen LogP contribution is 2.17. The molecule has 0 bridgehead atoms. The van der Waals surface area contributed by atoms with Crippen LogP contribution < -0.4 is 5.32 Å². The molecule has 0 spiro atoms. The number of aromatic nitrogens is 2. The molecule has 4 aromatic rings. The number of rotatable bonds is 6. The van der Waals surface area contributed by atoms with Gasteiger partial charge < -0.3 is 14.8 Å². The number of carbonyl (C=O) groups excluding carboxylic acids is 1. The molecular formula is C24H23ClN4O. The van der Waals surface area contributed by atoms with Crippen molar-refractivity contribution in [2.45, 2.75) is 19.6 Å². The van der Waals surface area contributed by atoms with E-state index in [1.807, 2.05) is 60.9 Å². The smallest absolute Gasteiger partial charge is 0.317 e. The summed E-state index contributed by atoms with van der Waals surface area (Å²) in [6.07, 6.45) is 1.87. The van der Waals surface area contributed by atoms with Gasteiger partial charge in [-0.25, -0.2) is 9.78 Å². The Bertz CT molecular complexity index is 1150. The first-order valence-corrected chi connectivity index (χ1v) is 10.2. The van der Waals surface area contributed by atoms with Crippen LogP contribution in [0.5, 0.6) is 0 Å². The maximum Gasteiger partial charge on any atom is 0.317 e. The van der Waals surface area contributed by atoms with Crippen molar-refractivity contribution in [1.82, 2.24) is 19.8 Å². The second-order valence-corrected chi connectivity index (χ2v) is 7.69. The van der Waals surface area contributed by atoms with Crippen molar-refractivity contribution in [3.05, 3.63) is 101 Å². The molecule has 30 heavy (non-hydrogen) atoms. The van der Waals surface area contributed by atoms with Gasteiger partial charge in [-0.15, -0.1) is 0 Å². The zero-order chi connectivity index (χ0) is 20.9. The molecule has 0 unspecified atom stereocenters. The zero-order valence-corrected chi connectivity index (χ0v) is 17.5. The molecule has 0 saturated heterocycles. The van der Waals surface area contributed by atoms with Crippen molar-refractivity contribution < 1.29 is 4.79 Å². The fourth-order valence-electron chi connectivity index (χ4n) is 3.36. The van der Waals surface area contributed by atoms with E-state index in [9.17, 15) is 4.79 Å². The SMILES string of the molecule is CN(Cc1ccccc1Cl)C(=O)NCc1ccc(Cn2cnc3ccccc32)cc1. The van der Waals surface area contributed by atoms with Gasteiger partial charge in [0.2, 0.25) is 0 Å². The second-order valence-electron chi connectivity index (χ2n) is 7.28. The van der Waals surface area contributed by atoms with Gasteiger partial charge in [0.05, 0.1) is 17.4 Å². The maximum atomic E-state index is 12.4. The molecule has 0 atom stereocenters. The summed E-state index contributed by atoms with van der Waals surface area (Å²) in [5.74, 6) is 0. The molecule has 0 aliphatic carbocycles. The average Bonchev–Trinajstić information content (AvgIpc) is 3.17. The Hall–Kier alpha value is -3.31. The lowest BCUT2D eigenvalue weighted by Gasteiger charge is -2.19. The fourth-order valence-corrected chi connectivity index (χ4v) is 3.56. The van der Waals surface area contributed by atoms with Crippen LogP contribution in [-0.4, -0.2) is 27.5 Å². The number of halogens is 1. The van der Waals surface area contributed by atoms with Crippen LogP contribution in [0.25, 0.3) is 11.0 Å². The van der Waals surface area contributed by atoms with E-state index < -0.39 is 0 Å². The van der Waals surface area contributed by atoms with Gasteiger partial charge in [0, 0.05) is 31.7 Å². The Morgan fingerprint density at radius 1 is 1.00 bits per heavy atom. The van der Waals surface area contributed by atoms with Gasteiger partial charge in [0.1, 0.15) is 0 Å². The molecule has 1 heterocycles. The third-order valence-corrected chi connectivity index (χ3v) is 5.43. The Balaban J connectivity index is 1.32. The molecule has 0 fully saturated rings. The Labute approximate surface area is 180 Å². The van der Waals surface area contributed by atoms with E-state index in [0.717, 1.165) is 28.7 Å². The van der Waals surface area contributed by atoms with Crippen molar-refractivity contribution in [3.63, 3.8) is 0 Å². The molecule has 3 aromatic carbocycles. The monoisotopic (exact) mass is 418 g/mol. The third kappa shape index (κ3) is 4.63. The van der Waals surface area contributed by atoms with E-state index >= 15 is 0 Å². The van der Waals surface area contributed by atoms with Crippen molar-refractivity contribution in [2.75, 3.05) is 7.05 Å². The highest BCUT2D eigenvalue weighted by Gasteiger charge is 2.10. The lowest BCUT2D eigenvalue weighted by atomic mass is 10.1. The number of amides is 2. The zero-order valence-electron chi connectivity index (χ0n) is 16.8. The predicted molar refractivity (Wildman–Crippen MR) is 120 cm³/mol. The first kappa shape index (κ1) is 20.0. The van der Waals surface area contributed by atoms with E-state index in [0.29, 0.717) is 18.1 Å². The number of benzene rings is 3. The average molecular weight is 419 g/mol. The molecule has 0 radical (unpaired) electrons. The summed E-state index contributed by atoms with van der Waals surface area (Å²) in [5, 5.41) is 3.62. The first-order chi connectivity index (χ1) is 14.6. The topological polar surface area (TPSA) is 50.2 Å². The van der Waals surface area contributed by atoms with E-state index in [4.69, 9.17) is 11.6 Å². The number of hydrogen-bond donors (Lipinski definition) is 1. The molecule has 6 heteroatoms. The van der Waals surface area contributed by atoms with Crippen LogP contribution >= 0.6 is 11.6 Å².